The minimum Gasteiger partial charge on any atom is -0.343 e. The van der Waals surface area contributed by atoms with Crippen LogP contribution in [0.15, 0.2) is 24.3 Å². The summed E-state index contributed by atoms with van der Waals surface area (Å²) in [6.07, 6.45) is -4.47. The van der Waals surface area contributed by atoms with Crippen LogP contribution in [0.25, 0.3) is 0 Å². The number of alkyl halides is 3. The molecule has 76 valence electrons. The van der Waals surface area contributed by atoms with Gasteiger partial charge in [0.25, 0.3) is 0 Å². The summed E-state index contributed by atoms with van der Waals surface area (Å²) in [6.45, 7) is 1.85. The Labute approximate surface area is 84.9 Å². The van der Waals surface area contributed by atoms with Gasteiger partial charge in [-0.3, -0.25) is 0 Å². The summed E-state index contributed by atoms with van der Waals surface area (Å²) in [5, 5.41) is 2.12. The molecule has 1 nitrogen and oxygen atoms in total. The summed E-state index contributed by atoms with van der Waals surface area (Å²) in [7, 11) is 0. The van der Waals surface area contributed by atoms with Gasteiger partial charge in [-0.25, -0.2) is 0 Å². The van der Waals surface area contributed by atoms with Crippen molar-refractivity contribution in [3.63, 3.8) is 0 Å². The van der Waals surface area contributed by atoms with Crippen LogP contribution in [0.3, 0.4) is 0 Å². The maximum absolute atomic E-state index is 12.0. The average molecular weight is 219 g/mol. The second-order valence-corrected chi connectivity index (χ2v) is 3.23. The summed E-state index contributed by atoms with van der Waals surface area (Å²) in [5.74, 6) is 0. The molecule has 5 heteroatoms. The average Bonchev–Trinajstić information content (AvgIpc) is 2.07. The fourth-order valence-corrected chi connectivity index (χ4v) is 0.957. The van der Waals surface area contributed by atoms with Gasteiger partial charge >= 0.3 is 6.18 Å². The van der Waals surface area contributed by atoms with Gasteiger partial charge in [0.05, 0.1) is 0 Å². The van der Waals surface area contributed by atoms with Crippen molar-refractivity contribution in [3.05, 3.63) is 29.8 Å². The Kier molecular flexibility index (Phi) is 3.10. The molecule has 0 aliphatic heterocycles. The first-order valence-electron chi connectivity index (χ1n) is 3.84. The van der Waals surface area contributed by atoms with Crippen molar-refractivity contribution in [2.75, 3.05) is 5.32 Å². The third kappa shape index (κ3) is 2.99. The van der Waals surface area contributed by atoms with Crippen molar-refractivity contribution in [2.24, 2.45) is 0 Å². The first-order valence-corrected chi connectivity index (χ1v) is 4.25. The molecule has 0 aromatic heterocycles. The van der Waals surface area contributed by atoms with Crippen LogP contribution in [-0.4, -0.2) is 11.2 Å². The second kappa shape index (κ2) is 3.96. The molecule has 1 rings (SSSR count). The molecule has 0 bridgehead atoms. The van der Waals surface area contributed by atoms with Crippen LogP contribution in [0.4, 0.5) is 18.9 Å². The first kappa shape index (κ1) is 11.0. The van der Waals surface area contributed by atoms with Crippen molar-refractivity contribution >= 4 is 22.9 Å². The SMILES string of the molecule is Cc1ccc(NC(=S)C(F)(F)F)cc1. The molecule has 1 aromatic rings. The van der Waals surface area contributed by atoms with Crippen LogP contribution < -0.4 is 5.32 Å². The number of benzene rings is 1. The molecule has 0 amide bonds. The summed E-state index contributed by atoms with van der Waals surface area (Å²) < 4.78 is 36.0. The van der Waals surface area contributed by atoms with Crippen molar-refractivity contribution in [1.82, 2.24) is 0 Å². The van der Waals surface area contributed by atoms with Crippen LogP contribution in [0.1, 0.15) is 5.56 Å². The zero-order valence-electron chi connectivity index (χ0n) is 7.35. The van der Waals surface area contributed by atoms with Gasteiger partial charge in [0.2, 0.25) is 0 Å². The number of aryl methyl sites for hydroxylation is 1. The van der Waals surface area contributed by atoms with E-state index in [0.717, 1.165) is 5.56 Å². The quantitative estimate of drug-likeness (QED) is 0.727. The van der Waals surface area contributed by atoms with E-state index in [-0.39, 0.29) is 0 Å². The van der Waals surface area contributed by atoms with E-state index in [9.17, 15) is 13.2 Å². The fourth-order valence-electron chi connectivity index (χ4n) is 0.839. The van der Waals surface area contributed by atoms with Crippen LogP contribution in [0.2, 0.25) is 0 Å². The normalized spacial score (nSPS) is 11.1. The van der Waals surface area contributed by atoms with Gasteiger partial charge in [0.1, 0.15) is 0 Å². The topological polar surface area (TPSA) is 12.0 Å². The van der Waals surface area contributed by atoms with Crippen LogP contribution in [0, 0.1) is 6.92 Å². The molecule has 0 atom stereocenters. The van der Waals surface area contributed by atoms with E-state index in [1.165, 1.54) is 0 Å². The zero-order valence-corrected chi connectivity index (χ0v) is 8.17. The van der Waals surface area contributed by atoms with Crippen molar-refractivity contribution in [3.8, 4) is 0 Å². The number of hydrogen-bond donors (Lipinski definition) is 1. The summed E-state index contributed by atoms with van der Waals surface area (Å²) in [6, 6.07) is 6.52. The Hall–Kier alpha value is -1.10. The van der Waals surface area contributed by atoms with Gasteiger partial charge in [-0.1, -0.05) is 29.9 Å². The maximum atomic E-state index is 12.0. The lowest BCUT2D eigenvalue weighted by molar-refractivity contribution is -0.0562. The van der Waals surface area contributed by atoms with E-state index in [0.29, 0.717) is 5.69 Å². The van der Waals surface area contributed by atoms with E-state index in [1.54, 1.807) is 24.3 Å². The highest BCUT2D eigenvalue weighted by Gasteiger charge is 2.34. The van der Waals surface area contributed by atoms with E-state index in [2.05, 4.69) is 17.5 Å². The smallest absolute Gasteiger partial charge is 0.343 e. The summed E-state index contributed by atoms with van der Waals surface area (Å²) >= 11 is 4.17. The Morgan fingerprint density at radius 3 is 2.14 bits per heavy atom. The molecule has 0 saturated carbocycles. The van der Waals surface area contributed by atoms with E-state index < -0.39 is 11.2 Å². The lowest BCUT2D eigenvalue weighted by atomic mass is 10.2. The minimum atomic E-state index is -4.47. The number of hydrogen-bond acceptors (Lipinski definition) is 1. The molecule has 14 heavy (non-hydrogen) atoms. The number of rotatable bonds is 1. The van der Waals surface area contributed by atoms with Crippen LogP contribution in [0.5, 0.6) is 0 Å². The predicted molar refractivity (Wildman–Crippen MR) is 53.5 cm³/mol. The highest BCUT2D eigenvalue weighted by atomic mass is 32.1. The molecule has 0 aliphatic rings. The molecular formula is C9H8F3NS. The molecule has 0 aliphatic carbocycles. The Bertz CT molecular complexity index is 329. The van der Waals surface area contributed by atoms with E-state index in [4.69, 9.17) is 0 Å². The molecule has 0 unspecified atom stereocenters. The van der Waals surface area contributed by atoms with Gasteiger partial charge in [-0.05, 0) is 19.1 Å². The zero-order chi connectivity index (χ0) is 10.8. The number of nitrogens with one attached hydrogen (secondary N) is 1. The molecule has 0 spiro atoms. The fraction of sp³-hybridized carbons (Fsp3) is 0.222. The Morgan fingerprint density at radius 2 is 1.71 bits per heavy atom. The minimum absolute atomic E-state index is 0.345. The lowest BCUT2D eigenvalue weighted by Gasteiger charge is -2.10. The molecule has 0 saturated heterocycles. The molecule has 1 aromatic carbocycles. The summed E-state index contributed by atoms with van der Waals surface area (Å²) in [5.41, 5.74) is 1.33. The predicted octanol–water partition coefficient (Wildman–Crippen LogP) is 3.30. The first-order chi connectivity index (χ1) is 6.39. The summed E-state index contributed by atoms with van der Waals surface area (Å²) in [4.78, 5) is -1.12. The third-order valence-corrected chi connectivity index (χ3v) is 1.90. The molecule has 0 fully saturated rings. The highest BCUT2D eigenvalue weighted by Crippen LogP contribution is 2.19. The van der Waals surface area contributed by atoms with E-state index >= 15 is 0 Å². The van der Waals surface area contributed by atoms with Crippen molar-refractivity contribution < 1.29 is 13.2 Å². The second-order valence-electron chi connectivity index (χ2n) is 2.82. The van der Waals surface area contributed by atoms with Crippen LogP contribution in [-0.2, 0) is 0 Å². The molecular weight excluding hydrogens is 211 g/mol. The van der Waals surface area contributed by atoms with Crippen molar-refractivity contribution in [2.45, 2.75) is 13.1 Å². The van der Waals surface area contributed by atoms with Gasteiger partial charge in [0.15, 0.2) is 4.99 Å². The third-order valence-electron chi connectivity index (χ3n) is 1.57. The van der Waals surface area contributed by atoms with Gasteiger partial charge in [-0.2, -0.15) is 13.2 Å². The largest absolute Gasteiger partial charge is 0.441 e. The van der Waals surface area contributed by atoms with Crippen LogP contribution >= 0.6 is 12.2 Å². The monoisotopic (exact) mass is 219 g/mol. The Morgan fingerprint density at radius 1 is 1.21 bits per heavy atom. The van der Waals surface area contributed by atoms with E-state index in [1.807, 2.05) is 6.92 Å². The molecule has 0 radical (unpaired) electrons. The van der Waals surface area contributed by atoms with Gasteiger partial charge in [-0.15, -0.1) is 0 Å². The van der Waals surface area contributed by atoms with Crippen molar-refractivity contribution in [1.29, 1.82) is 0 Å². The number of anilines is 1. The lowest BCUT2D eigenvalue weighted by Crippen LogP contribution is -2.27. The Balaban J connectivity index is 2.71. The standard InChI is InChI=1S/C9H8F3NS/c1-6-2-4-7(5-3-6)13-8(14)9(10,11)12/h2-5H,1H3,(H,13,14). The highest BCUT2D eigenvalue weighted by molar-refractivity contribution is 7.80. The molecule has 0 heterocycles. The molecule has 1 N–H and O–H groups in total. The number of halogens is 3. The number of thiocarbonyl (C=S) groups is 1. The maximum Gasteiger partial charge on any atom is 0.441 e. The van der Waals surface area contributed by atoms with Gasteiger partial charge < -0.3 is 5.32 Å². The van der Waals surface area contributed by atoms with Gasteiger partial charge in [0, 0.05) is 5.69 Å².